The first-order chi connectivity index (χ1) is 13.4. The zero-order chi connectivity index (χ0) is 20.5. The van der Waals surface area contributed by atoms with Crippen molar-refractivity contribution in [2.24, 2.45) is 11.8 Å². The number of hydrogen-bond donors (Lipinski definition) is 2. The zero-order valence-corrected chi connectivity index (χ0v) is 16.2. The number of aryl methyl sites for hydroxylation is 1. The third kappa shape index (κ3) is 6.08. The molecule has 2 N–H and O–H groups in total. The van der Waals surface area contributed by atoms with Crippen molar-refractivity contribution in [3.8, 4) is 5.75 Å². The van der Waals surface area contributed by atoms with E-state index in [2.05, 4.69) is 5.32 Å². The van der Waals surface area contributed by atoms with Crippen molar-refractivity contribution < 1.29 is 23.8 Å². The van der Waals surface area contributed by atoms with Crippen molar-refractivity contribution in [3.05, 3.63) is 65.5 Å². The van der Waals surface area contributed by atoms with Crippen LogP contribution < -0.4 is 10.1 Å². The molecule has 2 aromatic carbocycles. The van der Waals surface area contributed by atoms with E-state index < -0.39 is 11.9 Å². The van der Waals surface area contributed by atoms with Gasteiger partial charge in [-0.15, -0.1) is 0 Å². The molecule has 0 fully saturated rings. The number of rotatable bonds is 10. The molecule has 150 valence electrons. The number of ether oxygens (including phenoxy) is 1. The fourth-order valence-electron chi connectivity index (χ4n) is 2.99. The van der Waals surface area contributed by atoms with E-state index in [1.165, 1.54) is 13.2 Å². The van der Waals surface area contributed by atoms with Crippen LogP contribution >= 0.6 is 0 Å². The standard InChI is InChI=1S/C22H26FNO4/c1-15(11-12-16-7-3-5-9-19(16)23)21(25)24-14-18(22(26)27)13-17-8-4-6-10-20(17)28-2/h3-10,15,18H,11-14H2,1-2H3,(H,24,25)(H,26,27). The lowest BCUT2D eigenvalue weighted by Crippen LogP contribution is -2.37. The maximum Gasteiger partial charge on any atom is 0.308 e. The van der Waals surface area contributed by atoms with Crippen LogP contribution in [0.1, 0.15) is 24.5 Å². The van der Waals surface area contributed by atoms with Gasteiger partial charge in [0.2, 0.25) is 5.91 Å². The third-order valence-corrected chi connectivity index (χ3v) is 4.78. The van der Waals surface area contributed by atoms with Gasteiger partial charge >= 0.3 is 5.97 Å². The Morgan fingerprint density at radius 2 is 1.75 bits per heavy atom. The molecule has 0 aliphatic heterocycles. The molecule has 0 aromatic heterocycles. The lowest BCUT2D eigenvalue weighted by atomic mass is 9.97. The van der Waals surface area contributed by atoms with Gasteiger partial charge in [-0.3, -0.25) is 9.59 Å². The SMILES string of the molecule is COc1ccccc1CC(CNC(=O)C(C)CCc1ccccc1F)C(=O)O. The first-order valence-corrected chi connectivity index (χ1v) is 9.28. The fourth-order valence-corrected chi connectivity index (χ4v) is 2.99. The molecule has 2 atom stereocenters. The summed E-state index contributed by atoms with van der Waals surface area (Å²) in [4.78, 5) is 23.9. The van der Waals surface area contributed by atoms with E-state index in [4.69, 9.17) is 4.74 Å². The Balaban J connectivity index is 1.89. The first-order valence-electron chi connectivity index (χ1n) is 9.28. The highest BCUT2D eigenvalue weighted by atomic mass is 19.1. The summed E-state index contributed by atoms with van der Waals surface area (Å²) in [6.45, 7) is 1.78. The highest BCUT2D eigenvalue weighted by molar-refractivity contribution is 5.79. The minimum atomic E-state index is -0.981. The number of methoxy groups -OCH3 is 1. The second-order valence-corrected chi connectivity index (χ2v) is 6.83. The number of para-hydroxylation sites is 1. The van der Waals surface area contributed by atoms with Crippen LogP contribution in [0.25, 0.3) is 0 Å². The second kappa shape index (κ2) is 10.4. The van der Waals surface area contributed by atoms with Gasteiger partial charge in [0, 0.05) is 12.5 Å². The molecule has 0 radical (unpaired) electrons. The lowest BCUT2D eigenvalue weighted by Gasteiger charge is -2.17. The van der Waals surface area contributed by atoms with E-state index in [0.717, 1.165) is 5.56 Å². The smallest absolute Gasteiger partial charge is 0.308 e. The van der Waals surface area contributed by atoms with Crippen molar-refractivity contribution in [2.45, 2.75) is 26.2 Å². The molecule has 0 heterocycles. The van der Waals surface area contributed by atoms with Gasteiger partial charge in [0.1, 0.15) is 11.6 Å². The summed E-state index contributed by atoms with van der Waals surface area (Å²) in [5, 5.41) is 12.2. The number of carboxylic acid groups (broad SMARTS) is 1. The van der Waals surface area contributed by atoms with Crippen molar-refractivity contribution in [1.29, 1.82) is 0 Å². The van der Waals surface area contributed by atoms with Crippen molar-refractivity contribution in [1.82, 2.24) is 5.32 Å². The predicted molar refractivity (Wildman–Crippen MR) is 105 cm³/mol. The Hall–Kier alpha value is -2.89. The number of nitrogens with one attached hydrogen (secondary N) is 1. The molecule has 0 spiro atoms. The van der Waals surface area contributed by atoms with Gasteiger partial charge in [-0.25, -0.2) is 4.39 Å². The molecule has 28 heavy (non-hydrogen) atoms. The van der Waals surface area contributed by atoms with Crippen LogP contribution in [0.4, 0.5) is 4.39 Å². The van der Waals surface area contributed by atoms with E-state index in [-0.39, 0.29) is 30.6 Å². The average molecular weight is 387 g/mol. The maximum absolute atomic E-state index is 13.7. The summed E-state index contributed by atoms with van der Waals surface area (Å²) in [5.74, 6) is -1.98. The molecule has 0 aliphatic carbocycles. The van der Waals surface area contributed by atoms with Gasteiger partial charge in [0.15, 0.2) is 0 Å². The van der Waals surface area contributed by atoms with E-state index in [9.17, 15) is 19.1 Å². The maximum atomic E-state index is 13.7. The monoisotopic (exact) mass is 387 g/mol. The van der Waals surface area contributed by atoms with Crippen LogP contribution in [-0.4, -0.2) is 30.6 Å². The Kier molecular flexibility index (Phi) is 7.99. The summed E-state index contributed by atoms with van der Waals surface area (Å²) in [6, 6.07) is 13.7. The normalized spacial score (nSPS) is 12.8. The summed E-state index contributed by atoms with van der Waals surface area (Å²) >= 11 is 0. The van der Waals surface area contributed by atoms with Crippen LogP contribution in [0.15, 0.2) is 48.5 Å². The van der Waals surface area contributed by atoms with Gasteiger partial charge in [-0.05, 0) is 42.5 Å². The molecule has 2 aromatic rings. The molecule has 2 unspecified atom stereocenters. The second-order valence-electron chi connectivity index (χ2n) is 6.83. The van der Waals surface area contributed by atoms with E-state index in [1.807, 2.05) is 18.2 Å². The first kappa shape index (κ1) is 21.4. The lowest BCUT2D eigenvalue weighted by molar-refractivity contribution is -0.141. The van der Waals surface area contributed by atoms with E-state index in [0.29, 0.717) is 24.2 Å². The van der Waals surface area contributed by atoms with Gasteiger partial charge < -0.3 is 15.2 Å². The molecular weight excluding hydrogens is 361 g/mol. The summed E-state index contributed by atoms with van der Waals surface area (Å²) < 4.78 is 18.9. The highest BCUT2D eigenvalue weighted by Gasteiger charge is 2.22. The molecule has 0 saturated carbocycles. The molecule has 0 aliphatic rings. The predicted octanol–water partition coefficient (Wildman–Crippen LogP) is 3.46. The fraction of sp³-hybridized carbons (Fsp3) is 0.364. The minimum absolute atomic E-state index is 0.0241. The van der Waals surface area contributed by atoms with Crippen molar-refractivity contribution in [3.63, 3.8) is 0 Å². The van der Waals surface area contributed by atoms with Crippen LogP contribution in [-0.2, 0) is 22.4 Å². The molecule has 2 rings (SSSR count). The van der Waals surface area contributed by atoms with Gasteiger partial charge in [-0.2, -0.15) is 0 Å². The topological polar surface area (TPSA) is 75.6 Å². The molecule has 6 heteroatoms. The number of benzene rings is 2. The van der Waals surface area contributed by atoms with Crippen molar-refractivity contribution in [2.75, 3.05) is 13.7 Å². The summed E-state index contributed by atoms with van der Waals surface area (Å²) in [5.41, 5.74) is 1.35. The number of carbonyl (C=O) groups is 2. The number of amides is 1. The van der Waals surface area contributed by atoms with Crippen LogP contribution in [0.5, 0.6) is 5.75 Å². The van der Waals surface area contributed by atoms with Crippen LogP contribution in [0.2, 0.25) is 0 Å². The quantitative estimate of drug-likeness (QED) is 0.655. The molecule has 0 bridgehead atoms. The van der Waals surface area contributed by atoms with Gasteiger partial charge in [0.25, 0.3) is 0 Å². The minimum Gasteiger partial charge on any atom is -0.496 e. The highest BCUT2D eigenvalue weighted by Crippen LogP contribution is 2.21. The number of halogens is 1. The van der Waals surface area contributed by atoms with Crippen LogP contribution in [0, 0.1) is 17.7 Å². The van der Waals surface area contributed by atoms with Gasteiger partial charge in [0.05, 0.1) is 13.0 Å². The molecule has 0 saturated heterocycles. The summed E-state index contributed by atoms with van der Waals surface area (Å²) in [7, 11) is 1.54. The molecule has 5 nitrogen and oxygen atoms in total. The Morgan fingerprint density at radius 1 is 1.11 bits per heavy atom. The molecular formula is C22H26FNO4. The zero-order valence-electron chi connectivity index (χ0n) is 16.2. The Labute approximate surface area is 164 Å². The van der Waals surface area contributed by atoms with E-state index >= 15 is 0 Å². The molecule has 1 amide bonds. The van der Waals surface area contributed by atoms with Crippen molar-refractivity contribution >= 4 is 11.9 Å². The third-order valence-electron chi connectivity index (χ3n) is 4.78. The van der Waals surface area contributed by atoms with E-state index in [1.54, 1.807) is 31.2 Å². The Bertz CT molecular complexity index is 809. The largest absolute Gasteiger partial charge is 0.496 e. The summed E-state index contributed by atoms with van der Waals surface area (Å²) in [6.07, 6.45) is 1.19. The number of carboxylic acids is 1. The average Bonchev–Trinajstić information content (AvgIpc) is 2.70. The number of aliphatic carboxylic acids is 1. The van der Waals surface area contributed by atoms with Crippen LogP contribution in [0.3, 0.4) is 0 Å². The number of carbonyl (C=O) groups excluding carboxylic acids is 1. The Morgan fingerprint density at radius 3 is 2.39 bits per heavy atom. The number of hydrogen-bond acceptors (Lipinski definition) is 3. The van der Waals surface area contributed by atoms with Gasteiger partial charge in [-0.1, -0.05) is 43.3 Å².